The Kier molecular flexibility index (Phi) is 6.34. The first-order valence-corrected chi connectivity index (χ1v) is 9.20. The number of carbonyl (C=O) groups excluding carboxylic acids is 1. The van der Waals surface area contributed by atoms with Crippen molar-refractivity contribution in [2.75, 3.05) is 13.3 Å². The number of rotatable bonds is 7. The van der Waals surface area contributed by atoms with Crippen LogP contribution < -0.4 is 20.1 Å². The summed E-state index contributed by atoms with van der Waals surface area (Å²) in [6.45, 7) is 1.13. The molecule has 3 rings (SSSR count). The molecule has 0 saturated carbocycles. The molecule has 2 aromatic rings. The van der Waals surface area contributed by atoms with Gasteiger partial charge in [-0.3, -0.25) is 4.79 Å². The van der Waals surface area contributed by atoms with Crippen LogP contribution in [0.25, 0.3) is 0 Å². The van der Waals surface area contributed by atoms with E-state index in [9.17, 15) is 10.1 Å². The highest BCUT2D eigenvalue weighted by Crippen LogP contribution is 2.32. The maximum atomic E-state index is 12.2. The van der Waals surface area contributed by atoms with Crippen molar-refractivity contribution in [1.29, 1.82) is 5.26 Å². The van der Waals surface area contributed by atoms with Crippen molar-refractivity contribution in [3.05, 3.63) is 69.8 Å². The topological polar surface area (TPSA) is 83.4 Å². The molecule has 0 saturated heterocycles. The average molecular weight is 428 g/mol. The second-order valence-corrected chi connectivity index (χ2v) is 6.79. The van der Waals surface area contributed by atoms with Crippen LogP contribution in [0.5, 0.6) is 11.5 Å². The number of nitrogens with one attached hydrogen (secondary N) is 2. The Hall–Kier alpha value is -2.98. The lowest BCUT2D eigenvalue weighted by Crippen LogP contribution is -2.25. The van der Waals surface area contributed by atoms with Gasteiger partial charge in [-0.1, -0.05) is 34.1 Å². The normalized spacial score (nSPS) is 12.4. The molecule has 1 amide bonds. The lowest BCUT2D eigenvalue weighted by Gasteiger charge is -2.06. The van der Waals surface area contributed by atoms with Gasteiger partial charge in [-0.25, -0.2) is 0 Å². The quantitative estimate of drug-likeness (QED) is 0.403. The summed E-state index contributed by atoms with van der Waals surface area (Å²) in [5, 5.41) is 15.0. The number of carbonyl (C=O) groups is 1. The summed E-state index contributed by atoms with van der Waals surface area (Å²) < 4.78 is 11.6. The molecule has 138 valence electrons. The van der Waals surface area contributed by atoms with Crippen LogP contribution in [0.4, 0.5) is 0 Å². The fraction of sp³-hybridized carbons (Fsp3) is 0.200. The first kappa shape index (κ1) is 18.8. The van der Waals surface area contributed by atoms with Gasteiger partial charge in [-0.2, -0.15) is 5.26 Å². The van der Waals surface area contributed by atoms with Crippen molar-refractivity contribution in [1.82, 2.24) is 10.6 Å². The zero-order valence-corrected chi connectivity index (χ0v) is 16.1. The van der Waals surface area contributed by atoms with Gasteiger partial charge >= 0.3 is 0 Å². The molecule has 1 heterocycles. The van der Waals surface area contributed by atoms with Crippen molar-refractivity contribution in [2.45, 2.75) is 13.0 Å². The number of ether oxygens (including phenoxy) is 2. The summed E-state index contributed by atoms with van der Waals surface area (Å²) in [7, 11) is 0. The molecule has 0 aliphatic carbocycles. The second kappa shape index (κ2) is 9.10. The Bertz CT molecular complexity index is 888. The van der Waals surface area contributed by atoms with Crippen LogP contribution in [0.1, 0.15) is 11.1 Å². The number of benzene rings is 2. The summed E-state index contributed by atoms with van der Waals surface area (Å²) in [6.07, 6.45) is 2.25. The Balaban J connectivity index is 1.47. The molecule has 7 heteroatoms. The van der Waals surface area contributed by atoms with Gasteiger partial charge in [0.15, 0.2) is 11.5 Å². The molecule has 27 heavy (non-hydrogen) atoms. The molecule has 0 spiro atoms. The molecule has 0 radical (unpaired) electrons. The van der Waals surface area contributed by atoms with Crippen molar-refractivity contribution in [3.8, 4) is 17.6 Å². The van der Waals surface area contributed by atoms with Gasteiger partial charge in [0.2, 0.25) is 6.79 Å². The minimum Gasteiger partial charge on any atom is -0.454 e. The van der Waals surface area contributed by atoms with Crippen LogP contribution in [0.2, 0.25) is 0 Å². The second-order valence-electron chi connectivity index (χ2n) is 5.87. The molecule has 2 aromatic carbocycles. The minimum absolute atomic E-state index is 0.0338. The van der Waals surface area contributed by atoms with E-state index in [0.29, 0.717) is 24.6 Å². The van der Waals surface area contributed by atoms with E-state index in [4.69, 9.17) is 9.47 Å². The molecule has 0 atom stereocenters. The highest BCUT2D eigenvalue weighted by Gasteiger charge is 2.14. The number of nitriles is 1. The fourth-order valence-corrected chi connectivity index (χ4v) is 2.78. The van der Waals surface area contributed by atoms with E-state index in [0.717, 1.165) is 16.5 Å². The third-order valence-electron chi connectivity index (χ3n) is 3.97. The first-order valence-electron chi connectivity index (χ1n) is 8.40. The molecular weight excluding hydrogens is 410 g/mol. The van der Waals surface area contributed by atoms with E-state index >= 15 is 0 Å². The highest BCUT2D eigenvalue weighted by molar-refractivity contribution is 9.10. The minimum atomic E-state index is -0.425. The number of hydrogen-bond donors (Lipinski definition) is 2. The SMILES string of the molecule is N#C/C(=C/NCCc1ccc(Br)cc1)C(=O)NCc1ccc2c(c1)OCO2. The predicted octanol–water partition coefficient (Wildman–Crippen LogP) is 3.03. The molecule has 0 unspecified atom stereocenters. The molecule has 2 N–H and O–H groups in total. The smallest absolute Gasteiger partial charge is 0.263 e. The lowest BCUT2D eigenvalue weighted by atomic mass is 10.1. The zero-order valence-electron chi connectivity index (χ0n) is 14.5. The maximum Gasteiger partial charge on any atom is 0.263 e. The van der Waals surface area contributed by atoms with E-state index in [1.807, 2.05) is 42.5 Å². The molecule has 6 nitrogen and oxygen atoms in total. The van der Waals surface area contributed by atoms with Gasteiger partial charge in [0.25, 0.3) is 5.91 Å². The van der Waals surface area contributed by atoms with Crippen LogP contribution in [0, 0.1) is 11.3 Å². The summed E-state index contributed by atoms with van der Waals surface area (Å²) in [6, 6.07) is 15.4. The van der Waals surface area contributed by atoms with Crippen LogP contribution in [0.3, 0.4) is 0 Å². The van der Waals surface area contributed by atoms with Gasteiger partial charge in [0.1, 0.15) is 11.6 Å². The Labute approximate surface area is 165 Å². The summed E-state index contributed by atoms with van der Waals surface area (Å²) >= 11 is 3.40. The van der Waals surface area contributed by atoms with Gasteiger partial charge in [0, 0.05) is 23.8 Å². The van der Waals surface area contributed by atoms with Crippen molar-refractivity contribution in [3.63, 3.8) is 0 Å². The third kappa shape index (κ3) is 5.25. The molecule has 1 aliphatic rings. The fourth-order valence-electron chi connectivity index (χ4n) is 2.52. The molecular formula is C20H18BrN3O3. The average Bonchev–Trinajstić information content (AvgIpc) is 3.15. The number of nitrogens with zero attached hydrogens (tertiary/aromatic N) is 1. The van der Waals surface area contributed by atoms with Gasteiger partial charge in [-0.05, 0) is 41.8 Å². The number of hydrogen-bond acceptors (Lipinski definition) is 5. The summed E-state index contributed by atoms with van der Waals surface area (Å²) in [5.41, 5.74) is 2.07. The predicted molar refractivity (Wildman–Crippen MR) is 104 cm³/mol. The Morgan fingerprint density at radius 3 is 2.67 bits per heavy atom. The van der Waals surface area contributed by atoms with Crippen LogP contribution >= 0.6 is 15.9 Å². The van der Waals surface area contributed by atoms with Crippen LogP contribution in [-0.2, 0) is 17.8 Å². The largest absolute Gasteiger partial charge is 0.454 e. The number of amides is 1. The van der Waals surface area contributed by atoms with Crippen molar-refractivity contribution in [2.24, 2.45) is 0 Å². The van der Waals surface area contributed by atoms with Crippen LogP contribution in [-0.4, -0.2) is 19.2 Å². The van der Waals surface area contributed by atoms with Crippen molar-refractivity contribution >= 4 is 21.8 Å². The highest BCUT2D eigenvalue weighted by atomic mass is 79.9. The molecule has 0 aromatic heterocycles. The van der Waals surface area contributed by atoms with Gasteiger partial charge in [0.05, 0.1) is 0 Å². The Morgan fingerprint density at radius 2 is 1.89 bits per heavy atom. The Morgan fingerprint density at radius 1 is 1.15 bits per heavy atom. The van der Waals surface area contributed by atoms with E-state index in [1.54, 1.807) is 6.07 Å². The third-order valence-corrected chi connectivity index (χ3v) is 4.50. The number of halogens is 1. The summed E-state index contributed by atoms with van der Waals surface area (Å²) in [4.78, 5) is 12.2. The maximum absolute atomic E-state index is 12.2. The van der Waals surface area contributed by atoms with Crippen LogP contribution in [0.15, 0.2) is 58.7 Å². The monoisotopic (exact) mass is 427 g/mol. The molecule has 1 aliphatic heterocycles. The van der Waals surface area contributed by atoms with Crippen molar-refractivity contribution < 1.29 is 14.3 Å². The van der Waals surface area contributed by atoms with E-state index in [2.05, 4.69) is 26.6 Å². The van der Waals surface area contributed by atoms with E-state index in [-0.39, 0.29) is 12.4 Å². The number of fused-ring (bicyclic) bond motifs is 1. The molecule has 0 fully saturated rings. The van der Waals surface area contributed by atoms with E-state index < -0.39 is 5.91 Å². The lowest BCUT2D eigenvalue weighted by molar-refractivity contribution is -0.117. The summed E-state index contributed by atoms with van der Waals surface area (Å²) in [5.74, 6) is 0.927. The standard InChI is InChI=1S/C20H18BrN3O3/c21-17-4-1-14(2-5-17)7-8-23-12-16(10-22)20(25)24-11-15-3-6-18-19(9-15)27-13-26-18/h1-6,9,12,23H,7-8,11,13H2,(H,24,25)/b16-12-. The molecule has 0 bridgehead atoms. The van der Waals surface area contributed by atoms with Gasteiger partial charge < -0.3 is 20.1 Å². The zero-order chi connectivity index (χ0) is 19.1. The van der Waals surface area contributed by atoms with Gasteiger partial charge in [-0.15, -0.1) is 0 Å². The van der Waals surface area contributed by atoms with E-state index in [1.165, 1.54) is 11.8 Å². The first-order chi connectivity index (χ1) is 13.2.